The SMILES string of the molecule is CCC(O)c1ccc(Sc2ccc(C(C)C)cc2)cn1. The Balaban J connectivity index is 2.06. The number of rotatable bonds is 5. The van der Waals surface area contributed by atoms with Gasteiger partial charge < -0.3 is 5.11 Å². The lowest BCUT2D eigenvalue weighted by molar-refractivity contribution is 0.169. The second kappa shape index (κ2) is 6.91. The first-order valence-electron chi connectivity index (χ1n) is 7.02. The van der Waals surface area contributed by atoms with Crippen molar-refractivity contribution in [3.8, 4) is 0 Å². The van der Waals surface area contributed by atoms with Crippen molar-refractivity contribution in [3.05, 3.63) is 53.9 Å². The summed E-state index contributed by atoms with van der Waals surface area (Å²) in [5, 5.41) is 9.72. The van der Waals surface area contributed by atoms with E-state index in [0.717, 1.165) is 10.6 Å². The number of hydrogen-bond donors (Lipinski definition) is 1. The lowest BCUT2D eigenvalue weighted by Crippen LogP contribution is -1.97. The zero-order valence-corrected chi connectivity index (χ0v) is 13.0. The van der Waals surface area contributed by atoms with Gasteiger partial charge in [-0.1, -0.05) is 44.7 Å². The number of aliphatic hydroxyl groups excluding tert-OH is 1. The van der Waals surface area contributed by atoms with E-state index in [-0.39, 0.29) is 0 Å². The van der Waals surface area contributed by atoms with Crippen LogP contribution in [0.1, 0.15) is 50.5 Å². The molecule has 1 unspecified atom stereocenters. The molecule has 1 N–H and O–H groups in total. The van der Waals surface area contributed by atoms with Crippen molar-refractivity contribution in [1.29, 1.82) is 0 Å². The number of nitrogens with zero attached hydrogens (tertiary/aromatic N) is 1. The van der Waals surface area contributed by atoms with E-state index >= 15 is 0 Å². The van der Waals surface area contributed by atoms with E-state index < -0.39 is 6.10 Å². The first-order valence-corrected chi connectivity index (χ1v) is 7.83. The Morgan fingerprint density at radius 2 is 1.70 bits per heavy atom. The van der Waals surface area contributed by atoms with E-state index in [2.05, 4.69) is 43.1 Å². The van der Waals surface area contributed by atoms with Gasteiger partial charge in [0.05, 0.1) is 11.8 Å². The molecule has 1 atom stereocenters. The number of aromatic nitrogens is 1. The summed E-state index contributed by atoms with van der Waals surface area (Å²) >= 11 is 1.69. The van der Waals surface area contributed by atoms with Crippen LogP contribution in [0.2, 0.25) is 0 Å². The Morgan fingerprint density at radius 1 is 1.05 bits per heavy atom. The average Bonchev–Trinajstić information content (AvgIpc) is 2.48. The fourth-order valence-electron chi connectivity index (χ4n) is 1.92. The van der Waals surface area contributed by atoms with Crippen LogP contribution >= 0.6 is 11.8 Å². The predicted molar refractivity (Wildman–Crippen MR) is 84.1 cm³/mol. The molecule has 0 radical (unpaired) electrons. The maximum absolute atomic E-state index is 9.72. The molecule has 0 saturated heterocycles. The molecule has 0 saturated carbocycles. The average molecular weight is 287 g/mol. The van der Waals surface area contributed by atoms with Gasteiger partial charge in [0.25, 0.3) is 0 Å². The highest BCUT2D eigenvalue weighted by molar-refractivity contribution is 7.99. The molecule has 20 heavy (non-hydrogen) atoms. The van der Waals surface area contributed by atoms with Crippen LogP contribution in [0.25, 0.3) is 0 Å². The Morgan fingerprint density at radius 3 is 2.20 bits per heavy atom. The van der Waals surface area contributed by atoms with Gasteiger partial charge in [-0.05, 0) is 42.2 Å². The number of aliphatic hydroxyl groups is 1. The van der Waals surface area contributed by atoms with Crippen molar-refractivity contribution in [3.63, 3.8) is 0 Å². The third-order valence-corrected chi connectivity index (χ3v) is 4.25. The molecule has 2 rings (SSSR count). The minimum absolute atomic E-state index is 0.459. The van der Waals surface area contributed by atoms with E-state index in [4.69, 9.17) is 0 Å². The molecule has 0 aliphatic carbocycles. The van der Waals surface area contributed by atoms with Gasteiger partial charge in [-0.25, -0.2) is 0 Å². The van der Waals surface area contributed by atoms with Crippen LogP contribution in [-0.4, -0.2) is 10.1 Å². The predicted octanol–water partition coefficient (Wildman–Crippen LogP) is 4.80. The largest absolute Gasteiger partial charge is 0.387 e. The topological polar surface area (TPSA) is 33.1 Å². The molecule has 0 spiro atoms. The van der Waals surface area contributed by atoms with Crippen LogP contribution in [0, 0.1) is 0 Å². The van der Waals surface area contributed by atoms with Crippen LogP contribution in [-0.2, 0) is 0 Å². The monoisotopic (exact) mass is 287 g/mol. The molecule has 1 aromatic heterocycles. The molecular formula is C17H21NOS. The summed E-state index contributed by atoms with van der Waals surface area (Å²) in [5.74, 6) is 0.561. The van der Waals surface area contributed by atoms with Crippen molar-refractivity contribution in [2.45, 2.75) is 49.0 Å². The number of hydrogen-bond acceptors (Lipinski definition) is 3. The van der Waals surface area contributed by atoms with Crippen molar-refractivity contribution in [2.75, 3.05) is 0 Å². The molecule has 3 heteroatoms. The van der Waals surface area contributed by atoms with Gasteiger partial charge in [-0.15, -0.1) is 0 Å². The summed E-state index contributed by atoms with van der Waals surface area (Å²) in [4.78, 5) is 6.62. The third-order valence-electron chi connectivity index (χ3n) is 3.27. The van der Waals surface area contributed by atoms with Crippen LogP contribution in [0.15, 0.2) is 52.4 Å². The summed E-state index contributed by atoms with van der Waals surface area (Å²) in [7, 11) is 0. The Hall–Kier alpha value is -1.32. The summed E-state index contributed by atoms with van der Waals surface area (Å²) in [6.45, 7) is 6.35. The normalized spacial score (nSPS) is 12.7. The fraction of sp³-hybridized carbons (Fsp3) is 0.353. The van der Waals surface area contributed by atoms with Gasteiger partial charge in [0.1, 0.15) is 0 Å². The third kappa shape index (κ3) is 3.84. The molecule has 0 amide bonds. The van der Waals surface area contributed by atoms with Crippen molar-refractivity contribution < 1.29 is 5.11 Å². The van der Waals surface area contributed by atoms with Gasteiger partial charge in [-0.3, -0.25) is 4.98 Å². The van der Waals surface area contributed by atoms with Crippen molar-refractivity contribution >= 4 is 11.8 Å². The highest BCUT2D eigenvalue weighted by atomic mass is 32.2. The van der Waals surface area contributed by atoms with Gasteiger partial charge in [0, 0.05) is 16.0 Å². The van der Waals surface area contributed by atoms with Crippen molar-refractivity contribution in [2.24, 2.45) is 0 Å². The lowest BCUT2D eigenvalue weighted by Gasteiger charge is -2.09. The highest BCUT2D eigenvalue weighted by Gasteiger charge is 2.06. The first-order chi connectivity index (χ1) is 9.60. The summed E-state index contributed by atoms with van der Waals surface area (Å²) in [6, 6.07) is 12.6. The van der Waals surface area contributed by atoms with Crippen molar-refractivity contribution in [1.82, 2.24) is 4.98 Å². The Bertz CT molecular complexity index is 534. The lowest BCUT2D eigenvalue weighted by atomic mass is 10.0. The maximum Gasteiger partial charge on any atom is 0.0957 e. The van der Waals surface area contributed by atoms with E-state index in [1.54, 1.807) is 11.8 Å². The first kappa shape index (κ1) is 15.1. The van der Waals surface area contributed by atoms with Crippen LogP contribution in [0.4, 0.5) is 0 Å². The van der Waals surface area contributed by atoms with E-state index in [1.165, 1.54) is 10.5 Å². The maximum atomic E-state index is 9.72. The minimum Gasteiger partial charge on any atom is -0.387 e. The molecule has 1 aromatic carbocycles. The summed E-state index contributed by atoms with van der Waals surface area (Å²) in [6.07, 6.45) is 2.06. The van der Waals surface area contributed by atoms with Gasteiger partial charge in [0.2, 0.25) is 0 Å². The summed E-state index contributed by atoms with van der Waals surface area (Å²) < 4.78 is 0. The zero-order chi connectivity index (χ0) is 14.5. The fourth-order valence-corrected chi connectivity index (χ4v) is 2.70. The molecule has 0 fully saturated rings. The van der Waals surface area contributed by atoms with Crippen LogP contribution < -0.4 is 0 Å². The standard InChI is InChI=1S/C17H21NOS/c1-4-17(19)16-10-9-15(11-18-16)20-14-7-5-13(6-8-14)12(2)3/h5-12,17,19H,4H2,1-3H3. The molecular weight excluding hydrogens is 266 g/mol. The molecule has 2 nitrogen and oxygen atoms in total. The summed E-state index contributed by atoms with van der Waals surface area (Å²) in [5.41, 5.74) is 2.10. The minimum atomic E-state index is -0.459. The quantitative estimate of drug-likeness (QED) is 0.857. The molecule has 2 aromatic rings. The number of pyridine rings is 1. The molecule has 106 valence electrons. The Labute approximate surface area is 125 Å². The Kier molecular flexibility index (Phi) is 5.21. The van der Waals surface area contributed by atoms with Crippen LogP contribution in [0.5, 0.6) is 0 Å². The van der Waals surface area contributed by atoms with E-state index in [9.17, 15) is 5.11 Å². The zero-order valence-electron chi connectivity index (χ0n) is 12.2. The molecule has 1 heterocycles. The van der Waals surface area contributed by atoms with Crippen LogP contribution in [0.3, 0.4) is 0 Å². The highest BCUT2D eigenvalue weighted by Crippen LogP contribution is 2.29. The van der Waals surface area contributed by atoms with E-state index in [1.807, 2.05) is 25.3 Å². The molecule has 0 bridgehead atoms. The molecule has 0 aliphatic heterocycles. The van der Waals surface area contributed by atoms with Gasteiger partial charge in [-0.2, -0.15) is 0 Å². The van der Waals surface area contributed by atoms with Gasteiger partial charge >= 0.3 is 0 Å². The van der Waals surface area contributed by atoms with E-state index in [0.29, 0.717) is 12.3 Å². The molecule has 0 aliphatic rings. The number of benzene rings is 1. The second-order valence-corrected chi connectivity index (χ2v) is 6.32. The smallest absolute Gasteiger partial charge is 0.0957 e. The second-order valence-electron chi connectivity index (χ2n) is 5.17. The van der Waals surface area contributed by atoms with Gasteiger partial charge in [0.15, 0.2) is 0 Å².